The molecule has 3 heteroatoms. The molecule has 0 bridgehead atoms. The van der Waals surface area contributed by atoms with Crippen molar-refractivity contribution in [3.63, 3.8) is 0 Å². The molecule has 3 rings (SSSR count). The number of hydrogen-bond donors (Lipinski definition) is 1. The summed E-state index contributed by atoms with van der Waals surface area (Å²) < 4.78 is 5.34. The Hall–Kier alpha value is -2.81. The Balaban J connectivity index is 1.87. The van der Waals surface area contributed by atoms with Crippen LogP contribution in [0.2, 0.25) is 0 Å². The Morgan fingerprint density at radius 3 is 2.33 bits per heavy atom. The highest BCUT2D eigenvalue weighted by atomic mass is 16.5. The van der Waals surface area contributed by atoms with E-state index in [1.165, 1.54) is 0 Å². The Labute approximate surface area is 122 Å². The van der Waals surface area contributed by atoms with Crippen LogP contribution in [0.4, 0.5) is 0 Å². The zero-order valence-electron chi connectivity index (χ0n) is 11.5. The molecular formula is C18H14O3. The number of phenolic OH excluding ortho intramolecular Hbond substituents is 1. The molecule has 104 valence electrons. The minimum Gasteiger partial charge on any atom is -0.508 e. The smallest absolute Gasteiger partial charge is 0.343 e. The topological polar surface area (TPSA) is 46.5 Å². The summed E-state index contributed by atoms with van der Waals surface area (Å²) >= 11 is 0. The van der Waals surface area contributed by atoms with E-state index in [4.69, 9.17) is 4.74 Å². The molecule has 3 aromatic carbocycles. The first-order valence-electron chi connectivity index (χ1n) is 6.63. The lowest BCUT2D eigenvalue weighted by Crippen LogP contribution is -2.08. The van der Waals surface area contributed by atoms with E-state index in [9.17, 15) is 9.90 Å². The van der Waals surface area contributed by atoms with Gasteiger partial charge in [-0.15, -0.1) is 0 Å². The van der Waals surface area contributed by atoms with E-state index in [2.05, 4.69) is 0 Å². The first kappa shape index (κ1) is 13.2. The van der Waals surface area contributed by atoms with Crippen molar-refractivity contribution < 1.29 is 14.6 Å². The summed E-state index contributed by atoms with van der Waals surface area (Å²) in [5.41, 5.74) is 1.59. The molecule has 0 fully saturated rings. The maximum atomic E-state index is 12.1. The highest BCUT2D eigenvalue weighted by Crippen LogP contribution is 2.22. The van der Waals surface area contributed by atoms with Gasteiger partial charge in [0.15, 0.2) is 0 Å². The average Bonchev–Trinajstić information content (AvgIpc) is 2.49. The normalized spacial score (nSPS) is 10.5. The predicted molar refractivity (Wildman–Crippen MR) is 81.8 cm³/mol. The Bertz CT molecular complexity index is 804. The van der Waals surface area contributed by atoms with Crippen molar-refractivity contribution in [1.29, 1.82) is 0 Å². The molecule has 0 unspecified atom stereocenters. The molecule has 1 N–H and O–H groups in total. The number of aromatic hydroxyl groups is 1. The van der Waals surface area contributed by atoms with Gasteiger partial charge in [-0.3, -0.25) is 0 Å². The predicted octanol–water partition coefficient (Wildman–Crippen LogP) is 4.07. The molecule has 3 aromatic rings. The maximum Gasteiger partial charge on any atom is 0.343 e. The van der Waals surface area contributed by atoms with Gasteiger partial charge in [-0.2, -0.15) is 0 Å². The summed E-state index contributed by atoms with van der Waals surface area (Å²) in [5, 5.41) is 11.2. The highest BCUT2D eigenvalue weighted by molar-refractivity contribution is 5.96. The molecule has 0 spiro atoms. The molecule has 0 amide bonds. The van der Waals surface area contributed by atoms with Gasteiger partial charge >= 0.3 is 5.97 Å². The van der Waals surface area contributed by atoms with Gasteiger partial charge in [0, 0.05) is 0 Å². The third kappa shape index (κ3) is 2.87. The van der Waals surface area contributed by atoms with Crippen molar-refractivity contribution in [2.24, 2.45) is 0 Å². The fourth-order valence-corrected chi connectivity index (χ4v) is 2.13. The zero-order valence-corrected chi connectivity index (χ0v) is 11.5. The van der Waals surface area contributed by atoms with Crippen molar-refractivity contribution in [2.45, 2.75) is 6.92 Å². The lowest BCUT2D eigenvalue weighted by Gasteiger charge is -2.06. The quantitative estimate of drug-likeness (QED) is 0.567. The standard InChI is InChI=1S/C18H14O3/c1-12-2-8-17(9-3-12)21-18(20)15-5-4-14-11-16(19)7-6-13(14)10-15/h2-11,19H,1H3. The molecule has 0 saturated carbocycles. The van der Waals surface area contributed by atoms with Crippen LogP contribution in [-0.2, 0) is 0 Å². The fourth-order valence-electron chi connectivity index (χ4n) is 2.13. The maximum absolute atomic E-state index is 12.1. The third-order valence-electron chi connectivity index (χ3n) is 3.29. The van der Waals surface area contributed by atoms with Gasteiger partial charge in [0.2, 0.25) is 0 Å². The van der Waals surface area contributed by atoms with Crippen molar-refractivity contribution in [1.82, 2.24) is 0 Å². The largest absolute Gasteiger partial charge is 0.508 e. The van der Waals surface area contributed by atoms with Gasteiger partial charge in [0.05, 0.1) is 5.56 Å². The second-order valence-corrected chi connectivity index (χ2v) is 4.95. The van der Waals surface area contributed by atoms with Crippen molar-refractivity contribution in [2.75, 3.05) is 0 Å². The molecule has 0 radical (unpaired) electrons. The number of aryl methyl sites for hydroxylation is 1. The number of rotatable bonds is 2. The van der Waals surface area contributed by atoms with Gasteiger partial charge in [0.25, 0.3) is 0 Å². The summed E-state index contributed by atoms with van der Waals surface area (Å²) in [6, 6.07) is 17.6. The number of carbonyl (C=O) groups is 1. The van der Waals surface area contributed by atoms with Crippen LogP contribution in [0.1, 0.15) is 15.9 Å². The zero-order chi connectivity index (χ0) is 14.8. The van der Waals surface area contributed by atoms with E-state index in [0.29, 0.717) is 11.3 Å². The summed E-state index contributed by atoms with van der Waals surface area (Å²) in [6.07, 6.45) is 0. The van der Waals surface area contributed by atoms with Gasteiger partial charge in [-0.25, -0.2) is 4.79 Å². The first-order valence-corrected chi connectivity index (χ1v) is 6.63. The van der Waals surface area contributed by atoms with Crippen molar-refractivity contribution in [3.05, 3.63) is 71.8 Å². The van der Waals surface area contributed by atoms with Crippen LogP contribution in [-0.4, -0.2) is 11.1 Å². The first-order chi connectivity index (χ1) is 10.1. The number of ether oxygens (including phenoxy) is 1. The number of phenols is 1. The minimum absolute atomic E-state index is 0.206. The molecule has 0 aliphatic carbocycles. The van der Waals surface area contributed by atoms with Gasteiger partial charge in [-0.1, -0.05) is 29.8 Å². The van der Waals surface area contributed by atoms with E-state index in [1.54, 1.807) is 48.5 Å². The van der Waals surface area contributed by atoms with Crippen LogP contribution >= 0.6 is 0 Å². The number of esters is 1. The van der Waals surface area contributed by atoms with Crippen LogP contribution < -0.4 is 4.74 Å². The third-order valence-corrected chi connectivity index (χ3v) is 3.29. The molecule has 3 nitrogen and oxygen atoms in total. The minimum atomic E-state index is -0.395. The number of hydrogen-bond acceptors (Lipinski definition) is 3. The van der Waals surface area contributed by atoms with Gasteiger partial charge in [-0.05, 0) is 54.1 Å². The molecule has 0 aliphatic rings. The summed E-state index contributed by atoms with van der Waals surface area (Å²) in [5.74, 6) is 0.336. The summed E-state index contributed by atoms with van der Waals surface area (Å²) in [6.45, 7) is 1.98. The summed E-state index contributed by atoms with van der Waals surface area (Å²) in [4.78, 5) is 12.1. The van der Waals surface area contributed by atoms with E-state index < -0.39 is 5.97 Å². The average molecular weight is 278 g/mol. The lowest BCUT2D eigenvalue weighted by molar-refractivity contribution is 0.0735. The van der Waals surface area contributed by atoms with Crippen LogP contribution in [0, 0.1) is 6.92 Å². The second kappa shape index (κ2) is 5.29. The Kier molecular flexibility index (Phi) is 3.32. The van der Waals surface area contributed by atoms with Crippen LogP contribution in [0.15, 0.2) is 60.7 Å². The molecule has 0 aromatic heterocycles. The van der Waals surface area contributed by atoms with E-state index in [1.807, 2.05) is 19.1 Å². The van der Waals surface area contributed by atoms with Crippen LogP contribution in [0.5, 0.6) is 11.5 Å². The SMILES string of the molecule is Cc1ccc(OC(=O)c2ccc3cc(O)ccc3c2)cc1. The summed E-state index contributed by atoms with van der Waals surface area (Å²) in [7, 11) is 0. The van der Waals surface area contributed by atoms with Crippen LogP contribution in [0.25, 0.3) is 10.8 Å². The lowest BCUT2D eigenvalue weighted by atomic mass is 10.1. The van der Waals surface area contributed by atoms with E-state index in [0.717, 1.165) is 16.3 Å². The molecular weight excluding hydrogens is 264 g/mol. The van der Waals surface area contributed by atoms with Crippen LogP contribution in [0.3, 0.4) is 0 Å². The number of fused-ring (bicyclic) bond motifs is 1. The molecule has 0 saturated heterocycles. The van der Waals surface area contributed by atoms with Gasteiger partial charge in [0.1, 0.15) is 11.5 Å². The molecule has 0 aliphatic heterocycles. The van der Waals surface area contributed by atoms with Gasteiger partial charge < -0.3 is 9.84 Å². The monoisotopic (exact) mass is 278 g/mol. The van der Waals surface area contributed by atoms with Crippen molar-refractivity contribution in [3.8, 4) is 11.5 Å². The van der Waals surface area contributed by atoms with E-state index in [-0.39, 0.29) is 5.75 Å². The molecule has 0 atom stereocenters. The van der Waals surface area contributed by atoms with E-state index >= 15 is 0 Å². The Morgan fingerprint density at radius 2 is 1.57 bits per heavy atom. The second-order valence-electron chi connectivity index (χ2n) is 4.95. The number of benzene rings is 3. The number of carbonyl (C=O) groups excluding carboxylic acids is 1. The van der Waals surface area contributed by atoms with Crippen molar-refractivity contribution >= 4 is 16.7 Å². The Morgan fingerprint density at radius 1 is 0.905 bits per heavy atom. The molecule has 0 heterocycles. The fraction of sp³-hybridized carbons (Fsp3) is 0.0556. The highest BCUT2D eigenvalue weighted by Gasteiger charge is 2.09. The molecule has 21 heavy (non-hydrogen) atoms.